The lowest BCUT2D eigenvalue weighted by atomic mass is 10.0. The van der Waals surface area contributed by atoms with Crippen molar-refractivity contribution < 1.29 is 4.74 Å². The van der Waals surface area contributed by atoms with E-state index in [1.807, 2.05) is 25.3 Å². The number of aryl methyl sites for hydroxylation is 4. The maximum atomic E-state index is 5.19. The smallest absolute Gasteiger partial charge is 0.212 e. The quantitative estimate of drug-likeness (QED) is 0.509. The summed E-state index contributed by atoms with van der Waals surface area (Å²) in [4.78, 5) is 9.16. The number of fused-ring (bicyclic) bond motifs is 1. The molecule has 3 heterocycles. The van der Waals surface area contributed by atoms with Crippen LogP contribution in [0.25, 0.3) is 16.8 Å². The van der Waals surface area contributed by atoms with Crippen molar-refractivity contribution in [1.82, 2.24) is 14.4 Å². The first-order valence-electron chi connectivity index (χ1n) is 9.76. The highest BCUT2D eigenvalue weighted by Gasteiger charge is 2.13. The fraction of sp³-hybridized carbons (Fsp3) is 0.250. The minimum atomic E-state index is 0.609. The van der Waals surface area contributed by atoms with Crippen LogP contribution >= 0.6 is 0 Å². The van der Waals surface area contributed by atoms with Crippen LogP contribution in [0.15, 0.2) is 48.8 Å². The summed E-state index contributed by atoms with van der Waals surface area (Å²) in [6.07, 6.45) is 3.97. The van der Waals surface area contributed by atoms with E-state index in [0.717, 1.165) is 40.4 Å². The second kappa shape index (κ2) is 7.59. The Labute approximate surface area is 171 Å². The molecule has 0 fully saturated rings. The molecule has 0 spiro atoms. The van der Waals surface area contributed by atoms with E-state index in [-0.39, 0.29) is 0 Å². The average molecular weight is 386 g/mol. The summed E-state index contributed by atoms with van der Waals surface area (Å²) in [6, 6.07) is 12.5. The first-order valence-corrected chi connectivity index (χ1v) is 9.76. The molecule has 148 valence electrons. The summed E-state index contributed by atoms with van der Waals surface area (Å²) in [5, 5.41) is 3.63. The highest BCUT2D eigenvalue weighted by molar-refractivity contribution is 5.77. The third kappa shape index (κ3) is 3.56. The van der Waals surface area contributed by atoms with Crippen LogP contribution in [0.1, 0.15) is 28.1 Å². The topological polar surface area (TPSA) is 51.5 Å². The third-order valence-corrected chi connectivity index (χ3v) is 5.57. The molecule has 0 amide bonds. The Balaban J connectivity index is 1.78. The van der Waals surface area contributed by atoms with Crippen molar-refractivity contribution in [3.05, 3.63) is 76.9 Å². The molecule has 0 saturated carbocycles. The Bertz CT molecular complexity index is 1160. The van der Waals surface area contributed by atoms with Crippen molar-refractivity contribution in [1.29, 1.82) is 0 Å². The molecule has 4 rings (SSSR count). The van der Waals surface area contributed by atoms with Gasteiger partial charge in [0.25, 0.3) is 0 Å². The molecule has 0 radical (unpaired) electrons. The number of hydrogen-bond acceptors (Lipinski definition) is 4. The monoisotopic (exact) mass is 386 g/mol. The van der Waals surface area contributed by atoms with Gasteiger partial charge in [0.05, 0.1) is 18.5 Å². The van der Waals surface area contributed by atoms with Crippen molar-refractivity contribution in [2.24, 2.45) is 0 Å². The van der Waals surface area contributed by atoms with Gasteiger partial charge in [0.1, 0.15) is 0 Å². The zero-order valence-electron chi connectivity index (χ0n) is 17.6. The minimum absolute atomic E-state index is 0.609. The molecule has 5 heteroatoms. The van der Waals surface area contributed by atoms with Gasteiger partial charge in [0.15, 0.2) is 5.65 Å². The lowest BCUT2D eigenvalue weighted by Gasteiger charge is -2.14. The minimum Gasteiger partial charge on any atom is -0.481 e. The standard InChI is InChI=1S/C24H26N4O/c1-15-7-6-8-16(2)21(15)13-25-22-11-20(19-9-10-23(29-5)26-12-19)14-28-18(4)17(3)27-24(22)28/h6-12,14,25H,13H2,1-5H3. The highest BCUT2D eigenvalue weighted by atomic mass is 16.5. The van der Waals surface area contributed by atoms with Crippen LogP contribution in [0.3, 0.4) is 0 Å². The largest absolute Gasteiger partial charge is 0.481 e. The number of methoxy groups -OCH3 is 1. The number of aromatic nitrogens is 3. The van der Waals surface area contributed by atoms with Crippen molar-refractivity contribution in [3.8, 4) is 17.0 Å². The maximum absolute atomic E-state index is 5.19. The first kappa shape index (κ1) is 19.0. The summed E-state index contributed by atoms with van der Waals surface area (Å²) in [5.74, 6) is 0.609. The molecule has 0 unspecified atom stereocenters. The maximum Gasteiger partial charge on any atom is 0.212 e. The van der Waals surface area contributed by atoms with Crippen LogP contribution < -0.4 is 10.1 Å². The zero-order chi connectivity index (χ0) is 20.5. The molecule has 0 aliphatic carbocycles. The Morgan fingerprint density at radius 2 is 1.76 bits per heavy atom. The average Bonchev–Trinajstić information content (AvgIpc) is 3.02. The van der Waals surface area contributed by atoms with Crippen molar-refractivity contribution in [2.75, 3.05) is 12.4 Å². The molecule has 1 N–H and O–H groups in total. The van der Waals surface area contributed by atoms with Crippen LogP contribution in [-0.2, 0) is 6.54 Å². The number of nitrogens with zero attached hydrogens (tertiary/aromatic N) is 3. The Morgan fingerprint density at radius 1 is 1.00 bits per heavy atom. The molecule has 29 heavy (non-hydrogen) atoms. The predicted molar refractivity (Wildman–Crippen MR) is 118 cm³/mol. The molecule has 0 saturated heterocycles. The number of hydrogen-bond donors (Lipinski definition) is 1. The summed E-state index contributed by atoms with van der Waals surface area (Å²) in [5.41, 5.74) is 10.1. The summed E-state index contributed by atoms with van der Waals surface area (Å²) in [6.45, 7) is 9.21. The number of ether oxygens (including phenoxy) is 1. The number of imidazole rings is 1. The van der Waals surface area contributed by atoms with Gasteiger partial charge in [0.2, 0.25) is 5.88 Å². The molecule has 0 aliphatic rings. The van der Waals surface area contributed by atoms with Crippen molar-refractivity contribution >= 4 is 11.3 Å². The second-order valence-electron chi connectivity index (χ2n) is 7.43. The van der Waals surface area contributed by atoms with E-state index in [1.54, 1.807) is 7.11 Å². The second-order valence-corrected chi connectivity index (χ2v) is 7.43. The van der Waals surface area contributed by atoms with E-state index in [0.29, 0.717) is 5.88 Å². The van der Waals surface area contributed by atoms with Crippen LogP contribution in [0.2, 0.25) is 0 Å². The van der Waals surface area contributed by atoms with Gasteiger partial charge in [-0.25, -0.2) is 9.97 Å². The van der Waals surface area contributed by atoms with Gasteiger partial charge in [0, 0.05) is 41.8 Å². The normalized spacial score (nSPS) is 11.1. The molecule has 4 aromatic rings. The third-order valence-electron chi connectivity index (χ3n) is 5.57. The Kier molecular flexibility index (Phi) is 4.97. The fourth-order valence-electron chi connectivity index (χ4n) is 3.64. The van der Waals surface area contributed by atoms with Crippen molar-refractivity contribution in [2.45, 2.75) is 34.2 Å². The summed E-state index contributed by atoms with van der Waals surface area (Å²) < 4.78 is 7.35. The molecular formula is C24H26N4O. The predicted octanol–water partition coefficient (Wildman–Crippen LogP) is 5.25. The number of pyridine rings is 2. The molecule has 1 aromatic carbocycles. The van der Waals surface area contributed by atoms with Gasteiger partial charge in [-0.1, -0.05) is 18.2 Å². The van der Waals surface area contributed by atoms with Crippen molar-refractivity contribution in [3.63, 3.8) is 0 Å². The highest BCUT2D eigenvalue weighted by Crippen LogP contribution is 2.29. The van der Waals surface area contributed by atoms with E-state index in [4.69, 9.17) is 9.72 Å². The molecule has 3 aromatic heterocycles. The van der Waals surface area contributed by atoms with E-state index in [2.05, 4.69) is 65.9 Å². The van der Waals surface area contributed by atoms with Crippen LogP contribution in [-0.4, -0.2) is 21.5 Å². The number of rotatable bonds is 5. The van der Waals surface area contributed by atoms with Gasteiger partial charge >= 0.3 is 0 Å². The lowest BCUT2D eigenvalue weighted by Crippen LogP contribution is -2.05. The lowest BCUT2D eigenvalue weighted by molar-refractivity contribution is 0.398. The summed E-state index contributed by atoms with van der Waals surface area (Å²) >= 11 is 0. The van der Waals surface area contributed by atoms with E-state index in [1.165, 1.54) is 16.7 Å². The molecular weight excluding hydrogens is 360 g/mol. The molecule has 0 aliphatic heterocycles. The molecule has 0 bridgehead atoms. The Hall–Kier alpha value is -3.34. The number of anilines is 1. The van der Waals surface area contributed by atoms with E-state index >= 15 is 0 Å². The SMILES string of the molecule is COc1ccc(-c2cc(NCc3c(C)cccc3C)c3nc(C)c(C)n3c2)cn1. The van der Waals surface area contributed by atoms with Gasteiger partial charge < -0.3 is 14.5 Å². The molecule has 5 nitrogen and oxygen atoms in total. The van der Waals surface area contributed by atoms with Gasteiger partial charge in [-0.3, -0.25) is 0 Å². The fourth-order valence-corrected chi connectivity index (χ4v) is 3.64. The van der Waals surface area contributed by atoms with Gasteiger partial charge in [-0.2, -0.15) is 0 Å². The first-order chi connectivity index (χ1) is 14.0. The van der Waals surface area contributed by atoms with E-state index in [9.17, 15) is 0 Å². The van der Waals surface area contributed by atoms with Crippen LogP contribution in [0.4, 0.5) is 5.69 Å². The number of nitrogens with one attached hydrogen (secondary N) is 1. The van der Waals surface area contributed by atoms with Crippen LogP contribution in [0.5, 0.6) is 5.88 Å². The van der Waals surface area contributed by atoms with Crippen LogP contribution in [0, 0.1) is 27.7 Å². The molecule has 0 atom stereocenters. The Morgan fingerprint density at radius 3 is 2.41 bits per heavy atom. The van der Waals surface area contributed by atoms with E-state index < -0.39 is 0 Å². The van der Waals surface area contributed by atoms with Gasteiger partial charge in [-0.05, 0) is 56.5 Å². The zero-order valence-corrected chi connectivity index (χ0v) is 17.6. The number of benzene rings is 1. The van der Waals surface area contributed by atoms with Gasteiger partial charge in [-0.15, -0.1) is 0 Å². The summed E-state index contributed by atoms with van der Waals surface area (Å²) in [7, 11) is 1.63.